The van der Waals surface area contributed by atoms with Crippen molar-refractivity contribution in [1.29, 1.82) is 0 Å². The van der Waals surface area contributed by atoms with E-state index >= 15 is 0 Å². The normalized spacial score (nSPS) is 19.6. The van der Waals surface area contributed by atoms with Crippen LogP contribution >= 0.6 is 0 Å². The van der Waals surface area contributed by atoms with Crippen molar-refractivity contribution in [3.8, 4) is 11.5 Å². The van der Waals surface area contributed by atoms with Crippen molar-refractivity contribution >= 4 is 8.32 Å². The Morgan fingerprint density at radius 2 is 1.42 bits per heavy atom. The van der Waals surface area contributed by atoms with E-state index in [1.807, 2.05) is 4.90 Å². The van der Waals surface area contributed by atoms with Crippen molar-refractivity contribution in [2.45, 2.75) is 89.3 Å². The van der Waals surface area contributed by atoms with Crippen molar-refractivity contribution < 1.29 is 17.9 Å². The fourth-order valence-electron chi connectivity index (χ4n) is 7.90. The quantitative estimate of drug-likeness (QED) is 0.192. The van der Waals surface area contributed by atoms with Crippen molar-refractivity contribution in [2.24, 2.45) is 5.92 Å². The smallest absolute Gasteiger partial charge is 0.258 e. The Morgan fingerprint density at radius 1 is 0.791 bits per heavy atom. The minimum absolute atomic E-state index is 0.240. The van der Waals surface area contributed by atoms with E-state index in [0.717, 1.165) is 24.3 Å². The lowest BCUT2D eigenvalue weighted by Gasteiger charge is -2.42. The Hall–Kier alpha value is -2.70. The molecule has 232 valence electrons. The highest BCUT2D eigenvalue weighted by Gasteiger charge is 2.47. The first-order valence-electron chi connectivity index (χ1n) is 16.2. The molecule has 3 aromatic rings. The molecular weight excluding hydrogens is 556 g/mol. The molecule has 1 heterocycles. The Labute approximate surface area is 258 Å². The average molecular weight is 606 g/mol. The molecule has 1 fully saturated rings. The molecule has 0 aromatic heterocycles. The van der Waals surface area contributed by atoms with Gasteiger partial charge in [0.15, 0.2) is 0 Å². The van der Waals surface area contributed by atoms with Crippen LogP contribution in [-0.2, 0) is 6.42 Å². The summed E-state index contributed by atoms with van der Waals surface area (Å²) in [4.78, 5) is 2.03. The van der Waals surface area contributed by atoms with Gasteiger partial charge in [-0.2, -0.15) is 0 Å². The van der Waals surface area contributed by atoms with Gasteiger partial charge in [-0.1, -0.05) is 90.1 Å². The maximum absolute atomic E-state index is 12.8. The van der Waals surface area contributed by atoms with Crippen LogP contribution in [0.25, 0.3) is 0 Å². The summed E-state index contributed by atoms with van der Waals surface area (Å²) in [7, 11) is -2.04. The van der Waals surface area contributed by atoms with Crippen LogP contribution in [0.4, 0.5) is 8.78 Å². The molecule has 0 spiro atoms. The lowest BCUT2D eigenvalue weighted by Crippen LogP contribution is -2.51. The number of hydrogen-bond donors (Lipinski definition) is 0. The second kappa shape index (κ2) is 13.5. The monoisotopic (exact) mass is 605 g/mol. The van der Waals surface area contributed by atoms with Crippen LogP contribution in [0.15, 0.2) is 72.8 Å². The number of rotatable bonds is 12. The zero-order chi connectivity index (χ0) is 30.7. The van der Waals surface area contributed by atoms with Gasteiger partial charge in [-0.15, -0.1) is 0 Å². The molecule has 0 radical (unpaired) electrons. The van der Waals surface area contributed by atoms with E-state index in [4.69, 9.17) is 9.16 Å². The van der Waals surface area contributed by atoms with Crippen LogP contribution in [0.5, 0.6) is 11.5 Å². The van der Waals surface area contributed by atoms with Crippen LogP contribution in [0.1, 0.15) is 82.1 Å². The first-order valence-corrected chi connectivity index (χ1v) is 18.3. The van der Waals surface area contributed by atoms with Crippen LogP contribution in [0.2, 0.25) is 16.6 Å². The Kier molecular flexibility index (Phi) is 9.97. The first-order chi connectivity index (χ1) is 20.6. The van der Waals surface area contributed by atoms with Gasteiger partial charge in [-0.25, -0.2) is 8.78 Å². The molecule has 3 nitrogen and oxygen atoms in total. The lowest BCUT2D eigenvalue weighted by atomic mass is 9.69. The summed E-state index contributed by atoms with van der Waals surface area (Å²) < 4.78 is 38.6. The maximum atomic E-state index is 12.8. The first kappa shape index (κ1) is 31.7. The molecule has 3 aromatic carbocycles. The Morgan fingerprint density at radius 3 is 2.02 bits per heavy atom. The van der Waals surface area contributed by atoms with E-state index in [0.29, 0.717) is 48.8 Å². The Bertz CT molecular complexity index is 1300. The summed E-state index contributed by atoms with van der Waals surface area (Å²) in [5.41, 5.74) is 7.03. The SMILES string of the molecule is CC(C)[Si](Oc1ccc2c(c1)CCC(c1ccccc1)C2c1ccc(OCCN2CC(C(F)F)C2)cc1)(C(C)C)C(C)C. The molecule has 43 heavy (non-hydrogen) atoms. The molecule has 2 atom stereocenters. The zero-order valence-corrected chi connectivity index (χ0v) is 27.7. The molecule has 0 saturated carbocycles. The topological polar surface area (TPSA) is 21.7 Å². The molecule has 6 heteroatoms. The van der Waals surface area contributed by atoms with Crippen LogP contribution in [0.3, 0.4) is 0 Å². The summed E-state index contributed by atoms with van der Waals surface area (Å²) in [5.74, 6) is 2.00. The molecule has 1 saturated heterocycles. The predicted molar refractivity (Wildman–Crippen MR) is 175 cm³/mol. The summed E-state index contributed by atoms with van der Waals surface area (Å²) >= 11 is 0. The van der Waals surface area contributed by atoms with Gasteiger partial charge < -0.3 is 9.16 Å². The third kappa shape index (κ3) is 6.70. The third-order valence-electron chi connectivity index (χ3n) is 10.1. The highest BCUT2D eigenvalue weighted by Crippen LogP contribution is 2.48. The van der Waals surface area contributed by atoms with E-state index in [-0.39, 0.29) is 5.92 Å². The van der Waals surface area contributed by atoms with Crippen molar-refractivity contribution in [2.75, 3.05) is 26.2 Å². The van der Waals surface area contributed by atoms with Crippen LogP contribution in [-0.4, -0.2) is 45.9 Å². The van der Waals surface area contributed by atoms with Crippen LogP contribution in [0, 0.1) is 5.92 Å². The molecule has 0 bridgehead atoms. The number of benzene rings is 3. The standard InChI is InChI=1S/C37H49F2NO2Si/c1-25(2)43(26(3)4,27(5)6)42-33-17-19-35-30(22-33)14-18-34(28-10-8-7-9-11-28)36(35)29-12-15-32(16-13-29)41-21-20-40-23-31(24-40)37(38)39/h7-13,15-17,19,22,25-27,31,34,36-37H,14,18,20-21,23-24H2,1-6H3. The summed E-state index contributed by atoms with van der Waals surface area (Å²) in [6.07, 6.45) is -0.101. The fourth-order valence-corrected chi connectivity index (χ4v) is 13.1. The summed E-state index contributed by atoms with van der Waals surface area (Å²) in [6.45, 7) is 16.1. The molecule has 1 aliphatic heterocycles. The van der Waals surface area contributed by atoms with Crippen molar-refractivity contribution in [3.05, 3.63) is 95.1 Å². The van der Waals surface area contributed by atoms with Gasteiger partial charge >= 0.3 is 0 Å². The molecule has 0 amide bonds. The minimum atomic E-state index is -2.22. The van der Waals surface area contributed by atoms with Gasteiger partial charge in [0.25, 0.3) is 8.32 Å². The van der Waals surface area contributed by atoms with E-state index in [1.165, 1.54) is 22.3 Å². The van der Waals surface area contributed by atoms with E-state index in [2.05, 4.69) is 114 Å². The number of hydrogen-bond acceptors (Lipinski definition) is 3. The van der Waals surface area contributed by atoms with E-state index in [1.54, 1.807) is 0 Å². The molecule has 2 aliphatic rings. The van der Waals surface area contributed by atoms with Gasteiger partial charge in [-0.05, 0) is 81.9 Å². The Balaban J connectivity index is 1.37. The summed E-state index contributed by atoms with van der Waals surface area (Å²) in [5, 5.41) is 0. The largest absolute Gasteiger partial charge is 0.543 e. The van der Waals surface area contributed by atoms with E-state index < -0.39 is 20.7 Å². The maximum Gasteiger partial charge on any atom is 0.258 e. The summed E-state index contributed by atoms with van der Waals surface area (Å²) in [6, 6.07) is 26.3. The molecule has 5 rings (SSSR count). The lowest BCUT2D eigenvalue weighted by molar-refractivity contribution is -0.0280. The second-order valence-corrected chi connectivity index (χ2v) is 19.0. The van der Waals surface area contributed by atoms with Crippen molar-refractivity contribution in [1.82, 2.24) is 4.90 Å². The number of aryl methyl sites for hydroxylation is 1. The van der Waals surface area contributed by atoms with Gasteiger partial charge in [0, 0.05) is 31.5 Å². The highest BCUT2D eigenvalue weighted by atomic mass is 28.4. The average Bonchev–Trinajstić information content (AvgIpc) is 2.96. The number of alkyl halides is 2. The zero-order valence-electron chi connectivity index (χ0n) is 26.7. The second-order valence-electron chi connectivity index (χ2n) is 13.6. The number of ether oxygens (including phenoxy) is 1. The number of likely N-dealkylation sites (tertiary alicyclic amines) is 1. The van der Waals surface area contributed by atoms with Gasteiger partial charge in [0.05, 0.1) is 0 Å². The van der Waals surface area contributed by atoms with Gasteiger partial charge in [0.1, 0.15) is 18.1 Å². The molecular formula is C37H49F2NO2Si. The minimum Gasteiger partial charge on any atom is -0.543 e. The molecule has 0 N–H and O–H groups in total. The van der Waals surface area contributed by atoms with E-state index in [9.17, 15) is 8.78 Å². The fraction of sp³-hybridized carbons (Fsp3) is 0.514. The van der Waals surface area contributed by atoms with Crippen LogP contribution < -0.4 is 9.16 Å². The number of halogens is 2. The van der Waals surface area contributed by atoms with Crippen molar-refractivity contribution in [3.63, 3.8) is 0 Å². The number of fused-ring (bicyclic) bond motifs is 1. The highest BCUT2D eigenvalue weighted by molar-refractivity contribution is 6.78. The molecule has 2 unspecified atom stereocenters. The van der Waals surface area contributed by atoms with Gasteiger partial charge in [0.2, 0.25) is 6.43 Å². The predicted octanol–water partition coefficient (Wildman–Crippen LogP) is 9.68. The van der Waals surface area contributed by atoms with Gasteiger partial charge in [-0.3, -0.25) is 4.90 Å². The molecule has 1 aliphatic carbocycles. The third-order valence-corrected chi connectivity index (χ3v) is 16.1. The number of nitrogens with zero attached hydrogens (tertiary/aromatic N) is 1.